The van der Waals surface area contributed by atoms with E-state index in [-0.39, 0.29) is 32.2 Å². The van der Waals surface area contributed by atoms with Gasteiger partial charge in [-0.3, -0.25) is 10.0 Å². The number of piperidine rings is 1. The first-order chi connectivity index (χ1) is 13.3. The van der Waals surface area contributed by atoms with E-state index in [2.05, 4.69) is 0 Å². The van der Waals surface area contributed by atoms with Crippen LogP contribution < -0.4 is 10.2 Å². The molecule has 0 aromatic heterocycles. The predicted molar refractivity (Wildman–Crippen MR) is 99.4 cm³/mol. The highest BCUT2D eigenvalue weighted by atomic mass is 32.2. The van der Waals surface area contributed by atoms with Crippen LogP contribution in [0.1, 0.15) is 24.8 Å². The molecular weight excluding hydrogens is 388 g/mol. The molecule has 156 valence electrons. The van der Waals surface area contributed by atoms with Gasteiger partial charge in [-0.15, -0.1) is 0 Å². The summed E-state index contributed by atoms with van der Waals surface area (Å²) in [5, 5.41) is 18.1. The summed E-state index contributed by atoms with van der Waals surface area (Å²) in [7, 11) is -3.97. The molecule has 2 aliphatic rings. The number of carbonyl (C=O) groups excluding carboxylic acids is 1. The van der Waals surface area contributed by atoms with E-state index in [1.807, 2.05) is 31.2 Å². The van der Waals surface area contributed by atoms with Gasteiger partial charge < -0.3 is 14.6 Å². The molecule has 28 heavy (non-hydrogen) atoms. The number of nitrogens with zero attached hydrogens (tertiary/aromatic N) is 1. The second-order valence-corrected chi connectivity index (χ2v) is 9.38. The van der Waals surface area contributed by atoms with E-state index < -0.39 is 33.4 Å². The maximum atomic E-state index is 13.1. The van der Waals surface area contributed by atoms with Crippen LogP contribution in [0.25, 0.3) is 0 Å². The van der Waals surface area contributed by atoms with E-state index in [9.17, 15) is 18.3 Å². The standard InChI is InChI=1S/C18H26N2O7S/c1-13-2-4-14(5-3-13)27-15-6-9-20(10-7-15)28(24,25)16-8-11-26-12-18(16,22)17(21)19-23/h2-5,15-16,22-23H,6-12H2,1H3,(H,19,21). The molecule has 10 heteroatoms. The van der Waals surface area contributed by atoms with Gasteiger partial charge in [0.15, 0.2) is 5.60 Å². The fourth-order valence-corrected chi connectivity index (χ4v) is 5.79. The highest BCUT2D eigenvalue weighted by Crippen LogP contribution is 2.31. The maximum absolute atomic E-state index is 13.1. The van der Waals surface area contributed by atoms with Crippen LogP contribution in [0, 0.1) is 6.92 Å². The number of ether oxygens (including phenoxy) is 2. The number of benzene rings is 1. The van der Waals surface area contributed by atoms with Crippen molar-refractivity contribution in [2.45, 2.75) is 43.1 Å². The summed E-state index contributed by atoms with van der Waals surface area (Å²) in [5.41, 5.74) is 0.143. The van der Waals surface area contributed by atoms with Crippen molar-refractivity contribution in [2.24, 2.45) is 0 Å². The highest BCUT2D eigenvalue weighted by molar-refractivity contribution is 7.89. The van der Waals surface area contributed by atoms with Gasteiger partial charge in [-0.05, 0) is 38.3 Å². The summed E-state index contributed by atoms with van der Waals surface area (Å²) in [6.07, 6.45) is 0.858. The molecule has 2 saturated heterocycles. The molecule has 0 aliphatic carbocycles. The number of aryl methyl sites for hydroxylation is 1. The number of amides is 1. The van der Waals surface area contributed by atoms with Gasteiger partial charge in [0.2, 0.25) is 10.0 Å². The summed E-state index contributed by atoms with van der Waals surface area (Å²) < 4.78 is 38.5. The van der Waals surface area contributed by atoms with Gasteiger partial charge >= 0.3 is 0 Å². The lowest BCUT2D eigenvalue weighted by atomic mass is 9.95. The number of nitrogens with one attached hydrogen (secondary N) is 1. The largest absolute Gasteiger partial charge is 0.490 e. The third kappa shape index (κ3) is 4.15. The number of carbonyl (C=O) groups is 1. The van der Waals surface area contributed by atoms with Gasteiger partial charge in [0.05, 0.1) is 6.61 Å². The van der Waals surface area contributed by atoms with E-state index in [1.54, 1.807) is 0 Å². The first kappa shape index (κ1) is 21.0. The molecule has 9 nitrogen and oxygen atoms in total. The second-order valence-electron chi connectivity index (χ2n) is 7.27. The molecule has 2 aliphatic heterocycles. The second kappa shape index (κ2) is 8.34. The van der Waals surface area contributed by atoms with Crippen molar-refractivity contribution in [1.82, 2.24) is 9.79 Å². The molecule has 1 amide bonds. The van der Waals surface area contributed by atoms with Crippen LogP contribution in [0.3, 0.4) is 0 Å². The molecule has 2 unspecified atom stereocenters. The summed E-state index contributed by atoms with van der Waals surface area (Å²) in [5.74, 6) is -0.441. The van der Waals surface area contributed by atoms with Crippen LogP contribution in [0.2, 0.25) is 0 Å². The molecule has 0 bridgehead atoms. The Balaban J connectivity index is 1.66. The van der Waals surface area contributed by atoms with Gasteiger partial charge in [0, 0.05) is 19.7 Å². The topological polar surface area (TPSA) is 125 Å². The van der Waals surface area contributed by atoms with E-state index in [0.717, 1.165) is 11.3 Å². The van der Waals surface area contributed by atoms with Crippen molar-refractivity contribution in [3.05, 3.63) is 29.8 Å². The van der Waals surface area contributed by atoms with Gasteiger partial charge in [0.1, 0.15) is 17.1 Å². The number of hydroxylamine groups is 1. The molecule has 3 N–H and O–H groups in total. The minimum atomic E-state index is -3.97. The zero-order chi connectivity index (χ0) is 20.4. The molecule has 3 rings (SSSR count). The van der Waals surface area contributed by atoms with Crippen LogP contribution in [0.5, 0.6) is 5.75 Å². The number of aliphatic hydroxyl groups is 1. The quantitative estimate of drug-likeness (QED) is 0.464. The monoisotopic (exact) mass is 414 g/mol. The molecule has 1 aromatic carbocycles. The zero-order valence-electron chi connectivity index (χ0n) is 15.7. The van der Waals surface area contributed by atoms with Crippen LogP contribution in [-0.4, -0.2) is 72.2 Å². The molecule has 2 heterocycles. The number of hydrogen-bond donors (Lipinski definition) is 3. The highest BCUT2D eigenvalue weighted by Gasteiger charge is 2.54. The Bertz CT molecular complexity index is 791. The zero-order valence-corrected chi connectivity index (χ0v) is 16.5. The van der Waals surface area contributed by atoms with Crippen LogP contribution in [0.4, 0.5) is 0 Å². The average molecular weight is 414 g/mol. The molecule has 0 spiro atoms. The number of rotatable bonds is 5. The number of sulfonamides is 1. The third-order valence-corrected chi connectivity index (χ3v) is 7.75. The Hall–Kier alpha value is -1.72. The fourth-order valence-electron chi connectivity index (χ4n) is 3.65. The molecule has 1 aromatic rings. The lowest BCUT2D eigenvalue weighted by Gasteiger charge is -2.41. The predicted octanol–water partition coefficient (Wildman–Crippen LogP) is 0.193. The molecule has 0 radical (unpaired) electrons. The SMILES string of the molecule is Cc1ccc(OC2CCN(S(=O)(=O)C3CCOCC3(O)C(=O)NO)CC2)cc1. The van der Waals surface area contributed by atoms with Crippen molar-refractivity contribution in [1.29, 1.82) is 0 Å². The minimum absolute atomic E-state index is 0.0357. The first-order valence-corrected chi connectivity index (χ1v) is 10.7. The van der Waals surface area contributed by atoms with Crippen molar-refractivity contribution in [3.8, 4) is 5.75 Å². The van der Waals surface area contributed by atoms with Crippen LogP contribution in [0.15, 0.2) is 24.3 Å². The lowest BCUT2D eigenvalue weighted by molar-refractivity contribution is -0.161. The molecule has 2 fully saturated rings. The normalized spacial score (nSPS) is 27.3. The summed E-state index contributed by atoms with van der Waals surface area (Å²) in [6.45, 7) is 2.07. The first-order valence-electron chi connectivity index (χ1n) is 9.24. The van der Waals surface area contributed by atoms with Gasteiger partial charge in [-0.1, -0.05) is 17.7 Å². The smallest absolute Gasteiger partial charge is 0.279 e. The van der Waals surface area contributed by atoms with Crippen LogP contribution in [-0.2, 0) is 19.6 Å². The third-order valence-electron chi connectivity index (χ3n) is 5.32. The summed E-state index contributed by atoms with van der Waals surface area (Å²) in [4.78, 5) is 11.9. The Kier molecular flexibility index (Phi) is 6.25. The van der Waals surface area contributed by atoms with Gasteiger partial charge in [0.25, 0.3) is 5.91 Å². The van der Waals surface area contributed by atoms with Crippen LogP contribution >= 0.6 is 0 Å². The van der Waals surface area contributed by atoms with E-state index in [0.29, 0.717) is 12.8 Å². The van der Waals surface area contributed by atoms with Crippen molar-refractivity contribution in [3.63, 3.8) is 0 Å². The molecular formula is C18H26N2O7S. The van der Waals surface area contributed by atoms with Crippen molar-refractivity contribution < 1.29 is 33.0 Å². The molecule has 0 saturated carbocycles. The Labute approximate surface area is 164 Å². The van der Waals surface area contributed by atoms with E-state index in [4.69, 9.17) is 14.7 Å². The minimum Gasteiger partial charge on any atom is -0.490 e. The summed E-state index contributed by atoms with van der Waals surface area (Å²) >= 11 is 0. The van der Waals surface area contributed by atoms with E-state index >= 15 is 0 Å². The maximum Gasteiger partial charge on any atom is 0.279 e. The van der Waals surface area contributed by atoms with Crippen molar-refractivity contribution in [2.75, 3.05) is 26.3 Å². The number of hydrogen-bond acceptors (Lipinski definition) is 7. The fraction of sp³-hybridized carbons (Fsp3) is 0.611. The Morgan fingerprint density at radius 2 is 1.89 bits per heavy atom. The van der Waals surface area contributed by atoms with Gasteiger partial charge in [-0.25, -0.2) is 18.2 Å². The average Bonchev–Trinajstić information content (AvgIpc) is 2.69. The van der Waals surface area contributed by atoms with Crippen molar-refractivity contribution >= 4 is 15.9 Å². The Morgan fingerprint density at radius 3 is 2.50 bits per heavy atom. The lowest BCUT2D eigenvalue weighted by Crippen LogP contribution is -2.64. The van der Waals surface area contributed by atoms with Gasteiger partial charge in [-0.2, -0.15) is 0 Å². The molecule has 2 atom stereocenters. The Morgan fingerprint density at radius 1 is 1.25 bits per heavy atom. The summed E-state index contributed by atoms with van der Waals surface area (Å²) in [6, 6.07) is 7.67. The van der Waals surface area contributed by atoms with E-state index in [1.165, 1.54) is 9.79 Å².